The normalized spacial score (nSPS) is 11.4. The Morgan fingerprint density at radius 1 is 1.44 bits per heavy atom. The van der Waals surface area contributed by atoms with E-state index in [0.717, 1.165) is 5.69 Å². The number of aromatic nitrogens is 1. The topological polar surface area (TPSA) is 82.3 Å². The number of nitrogens with two attached hydrogens (primary N) is 1. The first kappa shape index (κ1) is 12.9. The van der Waals surface area contributed by atoms with Crippen LogP contribution in [0.25, 0.3) is 0 Å². The van der Waals surface area contributed by atoms with Gasteiger partial charge in [0.1, 0.15) is 15.6 Å². The molecule has 0 aliphatic heterocycles. The second kappa shape index (κ2) is 5.81. The number of hydrogen-bond acceptors (Lipinski definition) is 5. The molecule has 0 radical (unpaired) electrons. The van der Waals surface area contributed by atoms with Gasteiger partial charge in [0.2, 0.25) is 0 Å². The zero-order valence-electron chi connectivity index (χ0n) is 9.22. The lowest BCUT2D eigenvalue weighted by molar-refractivity contribution is 0.316. The van der Waals surface area contributed by atoms with Crippen molar-refractivity contribution in [3.05, 3.63) is 24.0 Å². The molecule has 0 fully saturated rings. The molecule has 1 aromatic heterocycles. The maximum Gasteiger partial charge on any atom is 0.147 e. The predicted octanol–water partition coefficient (Wildman–Crippen LogP) is 0.354. The maximum atomic E-state index is 10.8. The van der Waals surface area contributed by atoms with Crippen LogP contribution < -0.4 is 10.5 Å². The van der Waals surface area contributed by atoms with Gasteiger partial charge in [0.05, 0.1) is 24.3 Å². The van der Waals surface area contributed by atoms with Gasteiger partial charge in [-0.05, 0) is 18.6 Å². The van der Waals surface area contributed by atoms with Crippen molar-refractivity contribution in [1.29, 1.82) is 0 Å². The van der Waals surface area contributed by atoms with Crippen LogP contribution in [0.4, 0.5) is 0 Å². The summed E-state index contributed by atoms with van der Waals surface area (Å²) in [7, 11) is -2.90. The fourth-order valence-electron chi connectivity index (χ4n) is 1.13. The van der Waals surface area contributed by atoms with E-state index in [0.29, 0.717) is 25.3 Å². The van der Waals surface area contributed by atoms with E-state index >= 15 is 0 Å². The highest BCUT2D eigenvalue weighted by Gasteiger charge is 2.02. The summed E-state index contributed by atoms with van der Waals surface area (Å²) in [5.74, 6) is 0.770. The number of nitrogens with zero attached hydrogens (tertiary/aromatic N) is 1. The van der Waals surface area contributed by atoms with Gasteiger partial charge in [0.15, 0.2) is 0 Å². The molecular formula is C10H16N2O3S. The van der Waals surface area contributed by atoms with Crippen molar-refractivity contribution in [1.82, 2.24) is 4.98 Å². The van der Waals surface area contributed by atoms with Gasteiger partial charge >= 0.3 is 0 Å². The van der Waals surface area contributed by atoms with Crippen LogP contribution in [0.2, 0.25) is 0 Å². The van der Waals surface area contributed by atoms with Crippen molar-refractivity contribution in [2.45, 2.75) is 13.0 Å². The van der Waals surface area contributed by atoms with Crippen LogP contribution in [0.1, 0.15) is 12.1 Å². The van der Waals surface area contributed by atoms with Crippen molar-refractivity contribution in [2.24, 2.45) is 5.73 Å². The average Bonchev–Trinajstić information content (AvgIpc) is 2.24. The molecule has 0 saturated heterocycles. The molecule has 0 bridgehead atoms. The number of pyridine rings is 1. The minimum absolute atomic E-state index is 0.140. The number of ether oxygens (including phenoxy) is 1. The summed E-state index contributed by atoms with van der Waals surface area (Å²) in [5.41, 5.74) is 6.19. The van der Waals surface area contributed by atoms with Gasteiger partial charge in [0.25, 0.3) is 0 Å². The zero-order valence-corrected chi connectivity index (χ0v) is 10.0. The van der Waals surface area contributed by atoms with E-state index in [2.05, 4.69) is 4.98 Å². The van der Waals surface area contributed by atoms with Crippen LogP contribution in [0.5, 0.6) is 5.75 Å². The molecular weight excluding hydrogens is 228 g/mol. The smallest absolute Gasteiger partial charge is 0.147 e. The Labute approximate surface area is 95.6 Å². The first-order chi connectivity index (χ1) is 7.51. The second-order valence-electron chi connectivity index (χ2n) is 3.52. The largest absolute Gasteiger partial charge is 0.492 e. The number of hydrogen-bond donors (Lipinski definition) is 1. The molecule has 0 aliphatic carbocycles. The summed E-state index contributed by atoms with van der Waals surface area (Å²) in [6.45, 7) is 0.769. The standard InChI is InChI=1S/C10H16N2O3S/c1-16(13,14)6-2-5-15-10-4-3-9(7-11)12-8-10/h3-4,8H,2,5-7,11H2,1H3. The molecule has 1 aromatic rings. The molecule has 1 rings (SSSR count). The quantitative estimate of drug-likeness (QED) is 0.730. The lowest BCUT2D eigenvalue weighted by Crippen LogP contribution is -2.08. The van der Waals surface area contributed by atoms with E-state index < -0.39 is 9.84 Å². The summed E-state index contributed by atoms with van der Waals surface area (Å²) in [6, 6.07) is 3.56. The fourth-order valence-corrected chi connectivity index (χ4v) is 1.77. The summed E-state index contributed by atoms with van der Waals surface area (Å²) in [5, 5.41) is 0. The highest BCUT2D eigenvalue weighted by Crippen LogP contribution is 2.09. The minimum Gasteiger partial charge on any atom is -0.492 e. The van der Waals surface area contributed by atoms with E-state index in [1.165, 1.54) is 6.26 Å². The third-order valence-electron chi connectivity index (χ3n) is 1.93. The lowest BCUT2D eigenvalue weighted by atomic mass is 10.3. The van der Waals surface area contributed by atoms with Crippen molar-refractivity contribution in [2.75, 3.05) is 18.6 Å². The summed E-state index contributed by atoms with van der Waals surface area (Å²) < 4.78 is 27.0. The molecule has 6 heteroatoms. The van der Waals surface area contributed by atoms with Crippen LogP contribution >= 0.6 is 0 Å². The molecule has 5 nitrogen and oxygen atoms in total. The van der Waals surface area contributed by atoms with Gasteiger partial charge in [-0.3, -0.25) is 4.98 Å². The second-order valence-corrected chi connectivity index (χ2v) is 5.78. The zero-order chi connectivity index (χ0) is 12.0. The van der Waals surface area contributed by atoms with E-state index in [1.54, 1.807) is 18.3 Å². The van der Waals surface area contributed by atoms with Gasteiger partial charge < -0.3 is 10.5 Å². The first-order valence-electron chi connectivity index (χ1n) is 4.97. The maximum absolute atomic E-state index is 10.8. The molecule has 90 valence electrons. The highest BCUT2D eigenvalue weighted by molar-refractivity contribution is 7.90. The van der Waals surface area contributed by atoms with Crippen molar-refractivity contribution in [3.8, 4) is 5.75 Å². The average molecular weight is 244 g/mol. The van der Waals surface area contributed by atoms with Gasteiger partial charge in [-0.2, -0.15) is 0 Å². The van der Waals surface area contributed by atoms with Gasteiger partial charge in [-0.1, -0.05) is 0 Å². The Kier molecular flexibility index (Phi) is 4.70. The summed E-state index contributed by atoms with van der Waals surface area (Å²) in [6.07, 6.45) is 3.28. The number of sulfone groups is 1. The summed E-state index contributed by atoms with van der Waals surface area (Å²) >= 11 is 0. The van der Waals surface area contributed by atoms with E-state index in [-0.39, 0.29) is 5.75 Å². The monoisotopic (exact) mass is 244 g/mol. The number of rotatable bonds is 6. The van der Waals surface area contributed by atoms with Crippen LogP contribution in [-0.2, 0) is 16.4 Å². The predicted molar refractivity (Wildman–Crippen MR) is 62.0 cm³/mol. The minimum atomic E-state index is -2.90. The molecule has 0 aliphatic rings. The molecule has 0 unspecified atom stereocenters. The molecule has 2 N–H and O–H groups in total. The molecule has 1 heterocycles. The van der Waals surface area contributed by atoms with E-state index in [1.807, 2.05) is 0 Å². The highest BCUT2D eigenvalue weighted by atomic mass is 32.2. The van der Waals surface area contributed by atoms with Crippen molar-refractivity contribution in [3.63, 3.8) is 0 Å². The Bertz CT molecular complexity index is 414. The molecule has 0 saturated carbocycles. The first-order valence-corrected chi connectivity index (χ1v) is 7.03. The molecule has 0 amide bonds. The van der Waals surface area contributed by atoms with E-state index in [4.69, 9.17) is 10.5 Å². The Hall–Kier alpha value is -1.14. The molecule has 0 atom stereocenters. The SMILES string of the molecule is CS(=O)(=O)CCCOc1ccc(CN)nc1. The third kappa shape index (κ3) is 5.09. The Morgan fingerprint density at radius 3 is 2.69 bits per heavy atom. The molecule has 16 heavy (non-hydrogen) atoms. The lowest BCUT2D eigenvalue weighted by Gasteiger charge is -2.05. The van der Waals surface area contributed by atoms with E-state index in [9.17, 15) is 8.42 Å². The summed E-state index contributed by atoms with van der Waals surface area (Å²) in [4.78, 5) is 4.06. The fraction of sp³-hybridized carbons (Fsp3) is 0.500. The molecule has 0 spiro atoms. The van der Waals surface area contributed by atoms with Crippen molar-refractivity contribution < 1.29 is 13.2 Å². The van der Waals surface area contributed by atoms with Crippen LogP contribution in [-0.4, -0.2) is 32.0 Å². The van der Waals surface area contributed by atoms with Gasteiger partial charge in [0, 0.05) is 12.8 Å². The van der Waals surface area contributed by atoms with Crippen LogP contribution in [0.3, 0.4) is 0 Å². The third-order valence-corrected chi connectivity index (χ3v) is 2.97. The van der Waals surface area contributed by atoms with Gasteiger partial charge in [-0.25, -0.2) is 8.42 Å². The van der Waals surface area contributed by atoms with Crippen molar-refractivity contribution >= 4 is 9.84 Å². The Morgan fingerprint density at radius 2 is 2.19 bits per heavy atom. The van der Waals surface area contributed by atoms with Crippen LogP contribution in [0.15, 0.2) is 18.3 Å². The van der Waals surface area contributed by atoms with Gasteiger partial charge in [-0.15, -0.1) is 0 Å². The van der Waals surface area contributed by atoms with Crippen LogP contribution in [0, 0.1) is 0 Å². The Balaban J connectivity index is 2.32. The molecule has 0 aromatic carbocycles.